The molecule has 0 spiro atoms. The average molecular weight is 321 g/mol. The van der Waals surface area contributed by atoms with Crippen molar-refractivity contribution < 1.29 is 14.0 Å². The minimum absolute atomic E-state index is 0.0276. The molecular formula is C17H24FN3O2. The molecule has 1 aliphatic rings. The van der Waals surface area contributed by atoms with E-state index in [0.717, 1.165) is 19.5 Å². The van der Waals surface area contributed by atoms with Gasteiger partial charge in [-0.25, -0.2) is 4.39 Å². The molecule has 2 amide bonds. The molecule has 0 aromatic heterocycles. The van der Waals surface area contributed by atoms with E-state index in [9.17, 15) is 14.0 Å². The van der Waals surface area contributed by atoms with E-state index in [0.29, 0.717) is 30.9 Å². The predicted molar refractivity (Wildman–Crippen MR) is 86.5 cm³/mol. The van der Waals surface area contributed by atoms with E-state index in [1.807, 2.05) is 0 Å². The second kappa shape index (κ2) is 8.62. The largest absolute Gasteiger partial charge is 0.353 e. The third-order valence-corrected chi connectivity index (χ3v) is 4.10. The van der Waals surface area contributed by atoms with Crippen molar-refractivity contribution in [1.82, 2.24) is 16.0 Å². The van der Waals surface area contributed by atoms with Crippen molar-refractivity contribution in [2.75, 3.05) is 19.6 Å². The Kier molecular flexibility index (Phi) is 6.52. The van der Waals surface area contributed by atoms with Crippen LogP contribution in [0.3, 0.4) is 0 Å². The first-order valence-corrected chi connectivity index (χ1v) is 8.10. The fourth-order valence-electron chi connectivity index (χ4n) is 2.66. The first-order valence-electron chi connectivity index (χ1n) is 8.10. The second-order valence-corrected chi connectivity index (χ2v) is 6.01. The average Bonchev–Trinajstić information content (AvgIpc) is 2.54. The lowest BCUT2D eigenvalue weighted by molar-refractivity contribution is -0.122. The minimum Gasteiger partial charge on any atom is -0.353 e. The number of benzene rings is 1. The van der Waals surface area contributed by atoms with Crippen LogP contribution in [0.2, 0.25) is 0 Å². The summed E-state index contributed by atoms with van der Waals surface area (Å²) in [7, 11) is 0. The molecule has 126 valence electrons. The number of halogens is 1. The van der Waals surface area contributed by atoms with Crippen LogP contribution >= 0.6 is 0 Å². The molecule has 5 nitrogen and oxygen atoms in total. The highest BCUT2D eigenvalue weighted by Crippen LogP contribution is 2.10. The SMILES string of the molecule is CC1CNCCC1NC(=O)CCCNC(=O)c1ccc(F)cc1. The standard InChI is InChI=1S/C17H24FN3O2/c1-12-11-19-10-8-15(12)21-16(22)3-2-9-20-17(23)13-4-6-14(18)7-5-13/h4-7,12,15,19H,2-3,8-11H2,1H3,(H,20,23)(H,21,22). The van der Waals surface area contributed by atoms with Gasteiger partial charge >= 0.3 is 0 Å². The highest BCUT2D eigenvalue weighted by atomic mass is 19.1. The quantitative estimate of drug-likeness (QED) is 0.695. The molecule has 0 radical (unpaired) electrons. The van der Waals surface area contributed by atoms with Crippen molar-refractivity contribution in [3.63, 3.8) is 0 Å². The molecule has 0 aliphatic carbocycles. The van der Waals surface area contributed by atoms with Gasteiger partial charge in [-0.1, -0.05) is 6.92 Å². The first kappa shape index (κ1) is 17.4. The Hall–Kier alpha value is -1.95. The van der Waals surface area contributed by atoms with E-state index < -0.39 is 0 Å². The van der Waals surface area contributed by atoms with E-state index in [1.54, 1.807) is 0 Å². The molecule has 3 N–H and O–H groups in total. The summed E-state index contributed by atoms with van der Waals surface area (Å²) in [6.45, 7) is 4.41. The molecule has 2 unspecified atom stereocenters. The lowest BCUT2D eigenvalue weighted by Crippen LogP contribution is -2.48. The number of carbonyl (C=O) groups excluding carboxylic acids is 2. The van der Waals surface area contributed by atoms with Crippen LogP contribution < -0.4 is 16.0 Å². The fourth-order valence-corrected chi connectivity index (χ4v) is 2.66. The number of hydrogen-bond acceptors (Lipinski definition) is 3. The van der Waals surface area contributed by atoms with Crippen LogP contribution in [0, 0.1) is 11.7 Å². The summed E-state index contributed by atoms with van der Waals surface area (Å²) < 4.78 is 12.8. The monoisotopic (exact) mass is 321 g/mol. The minimum atomic E-state index is -0.370. The second-order valence-electron chi connectivity index (χ2n) is 6.01. The molecule has 1 aliphatic heterocycles. The maximum Gasteiger partial charge on any atom is 0.251 e. The topological polar surface area (TPSA) is 70.2 Å². The van der Waals surface area contributed by atoms with Gasteiger partial charge in [0, 0.05) is 24.6 Å². The van der Waals surface area contributed by atoms with Crippen LogP contribution in [-0.2, 0) is 4.79 Å². The van der Waals surface area contributed by atoms with Crippen molar-refractivity contribution >= 4 is 11.8 Å². The van der Waals surface area contributed by atoms with Gasteiger partial charge in [0.25, 0.3) is 5.91 Å². The first-order chi connectivity index (χ1) is 11.1. The van der Waals surface area contributed by atoms with Crippen LogP contribution in [0.5, 0.6) is 0 Å². The van der Waals surface area contributed by atoms with Crippen molar-refractivity contribution in [3.8, 4) is 0 Å². The van der Waals surface area contributed by atoms with Crippen LogP contribution in [0.1, 0.15) is 36.5 Å². The zero-order chi connectivity index (χ0) is 16.7. The number of piperidine rings is 1. The molecule has 1 aromatic rings. The number of nitrogens with one attached hydrogen (secondary N) is 3. The summed E-state index contributed by atoms with van der Waals surface area (Å²) in [5, 5.41) is 9.10. The van der Waals surface area contributed by atoms with Crippen molar-refractivity contribution in [2.24, 2.45) is 5.92 Å². The number of hydrogen-bond donors (Lipinski definition) is 3. The Labute approximate surface area is 136 Å². The fraction of sp³-hybridized carbons (Fsp3) is 0.529. The Morgan fingerprint density at radius 3 is 2.74 bits per heavy atom. The van der Waals surface area contributed by atoms with Gasteiger partial charge in [-0.15, -0.1) is 0 Å². The molecule has 1 saturated heterocycles. The smallest absolute Gasteiger partial charge is 0.251 e. The molecular weight excluding hydrogens is 297 g/mol. The Morgan fingerprint density at radius 1 is 1.30 bits per heavy atom. The number of rotatable bonds is 6. The van der Waals surface area contributed by atoms with Gasteiger partial charge < -0.3 is 16.0 Å². The predicted octanol–water partition coefficient (Wildman–Crippen LogP) is 1.45. The summed E-state index contributed by atoms with van der Waals surface area (Å²) >= 11 is 0. The van der Waals surface area contributed by atoms with E-state index >= 15 is 0 Å². The Morgan fingerprint density at radius 2 is 2.04 bits per heavy atom. The maximum absolute atomic E-state index is 12.8. The molecule has 1 heterocycles. The molecule has 1 fully saturated rings. The molecule has 2 rings (SSSR count). The van der Waals surface area contributed by atoms with Crippen molar-refractivity contribution in [2.45, 2.75) is 32.2 Å². The highest BCUT2D eigenvalue weighted by Gasteiger charge is 2.22. The van der Waals surface area contributed by atoms with Gasteiger partial charge in [0.05, 0.1) is 0 Å². The van der Waals surface area contributed by atoms with Crippen LogP contribution in [-0.4, -0.2) is 37.5 Å². The third kappa shape index (κ3) is 5.63. The van der Waals surface area contributed by atoms with Gasteiger partial charge in [0.2, 0.25) is 5.91 Å². The zero-order valence-corrected chi connectivity index (χ0v) is 13.4. The third-order valence-electron chi connectivity index (χ3n) is 4.10. The van der Waals surface area contributed by atoms with Crippen LogP contribution in [0.25, 0.3) is 0 Å². The molecule has 6 heteroatoms. The Balaban J connectivity index is 1.63. The molecule has 0 saturated carbocycles. The Bertz CT molecular complexity index is 533. The lowest BCUT2D eigenvalue weighted by atomic mass is 9.95. The lowest BCUT2D eigenvalue weighted by Gasteiger charge is -2.30. The molecule has 1 aromatic carbocycles. The van der Waals surface area contributed by atoms with Gasteiger partial charge in [0.1, 0.15) is 5.82 Å². The van der Waals surface area contributed by atoms with Crippen molar-refractivity contribution in [3.05, 3.63) is 35.6 Å². The zero-order valence-electron chi connectivity index (χ0n) is 13.4. The van der Waals surface area contributed by atoms with Gasteiger partial charge in [-0.05, 0) is 56.1 Å². The van der Waals surface area contributed by atoms with E-state index in [1.165, 1.54) is 24.3 Å². The number of carbonyl (C=O) groups is 2. The molecule has 2 atom stereocenters. The summed E-state index contributed by atoms with van der Waals surface area (Å²) in [5.74, 6) is -0.159. The van der Waals surface area contributed by atoms with E-state index in [4.69, 9.17) is 0 Å². The maximum atomic E-state index is 12.8. The summed E-state index contributed by atoms with van der Waals surface area (Å²) in [5.41, 5.74) is 0.416. The summed E-state index contributed by atoms with van der Waals surface area (Å²) in [4.78, 5) is 23.7. The molecule has 23 heavy (non-hydrogen) atoms. The van der Waals surface area contributed by atoms with Gasteiger partial charge in [0.15, 0.2) is 0 Å². The summed E-state index contributed by atoms with van der Waals surface area (Å²) in [6, 6.07) is 5.62. The van der Waals surface area contributed by atoms with Crippen LogP contribution in [0.4, 0.5) is 4.39 Å². The van der Waals surface area contributed by atoms with Crippen molar-refractivity contribution in [1.29, 1.82) is 0 Å². The van der Waals surface area contributed by atoms with E-state index in [-0.39, 0.29) is 23.7 Å². The summed E-state index contributed by atoms with van der Waals surface area (Å²) in [6.07, 6.45) is 1.92. The van der Waals surface area contributed by atoms with Crippen LogP contribution in [0.15, 0.2) is 24.3 Å². The van der Waals surface area contributed by atoms with E-state index in [2.05, 4.69) is 22.9 Å². The van der Waals surface area contributed by atoms with Gasteiger partial charge in [-0.2, -0.15) is 0 Å². The van der Waals surface area contributed by atoms with Gasteiger partial charge in [-0.3, -0.25) is 9.59 Å². The molecule has 0 bridgehead atoms. The number of amides is 2. The normalized spacial score (nSPS) is 20.8. The highest BCUT2D eigenvalue weighted by molar-refractivity contribution is 5.94.